The Kier molecular flexibility index (Phi) is 4.29. The second kappa shape index (κ2) is 6.54. The Hall–Kier alpha value is -3.15. The second-order valence-electron chi connectivity index (χ2n) is 5.47. The van der Waals surface area contributed by atoms with Gasteiger partial charge in [-0.3, -0.25) is 14.3 Å². The van der Waals surface area contributed by atoms with Gasteiger partial charge >= 0.3 is 0 Å². The minimum Gasteiger partial charge on any atom is -0.503 e. The molecule has 0 aliphatic heterocycles. The average Bonchev–Trinajstić information content (AvgIpc) is 2.61. The summed E-state index contributed by atoms with van der Waals surface area (Å²) in [4.78, 5) is 23.4. The van der Waals surface area contributed by atoms with Gasteiger partial charge < -0.3 is 10.4 Å². The molecule has 0 fully saturated rings. The molecule has 6 nitrogen and oxygen atoms in total. The monoisotopic (exact) mass is 323 g/mol. The lowest BCUT2D eigenvalue weighted by Gasteiger charge is -2.09. The lowest BCUT2D eigenvalue weighted by atomic mass is 10.1. The summed E-state index contributed by atoms with van der Waals surface area (Å²) in [5.41, 5.74) is 0.0301. The molecule has 3 aromatic rings. The standard InChI is InChI=1S/C18H17N3O3/c1-19-18(24)16-17(23)15(22)11-21(20-16)9-8-12-6-7-13-4-2-3-5-14(13)10-12/h2-7,10-11,22H,8-9H2,1H3,(H,19,24). The molecule has 6 heteroatoms. The van der Waals surface area contributed by atoms with Crippen LogP contribution in [0.2, 0.25) is 0 Å². The fourth-order valence-electron chi connectivity index (χ4n) is 2.54. The molecule has 0 atom stereocenters. The maximum atomic E-state index is 11.8. The molecule has 0 bridgehead atoms. The van der Waals surface area contributed by atoms with Crippen molar-refractivity contribution in [3.05, 3.63) is 70.1 Å². The number of benzene rings is 2. The number of hydrogen-bond acceptors (Lipinski definition) is 4. The molecule has 1 aromatic heterocycles. The van der Waals surface area contributed by atoms with Gasteiger partial charge in [0.2, 0.25) is 0 Å². The van der Waals surface area contributed by atoms with Gasteiger partial charge in [-0.05, 0) is 22.8 Å². The number of nitrogens with zero attached hydrogens (tertiary/aromatic N) is 2. The van der Waals surface area contributed by atoms with E-state index in [-0.39, 0.29) is 5.69 Å². The zero-order valence-corrected chi connectivity index (χ0v) is 13.2. The van der Waals surface area contributed by atoms with Gasteiger partial charge in [-0.25, -0.2) is 0 Å². The molecule has 2 N–H and O–H groups in total. The summed E-state index contributed by atoms with van der Waals surface area (Å²) < 4.78 is 1.41. The number of amides is 1. The van der Waals surface area contributed by atoms with Gasteiger partial charge in [-0.15, -0.1) is 0 Å². The van der Waals surface area contributed by atoms with Crippen LogP contribution in [0.3, 0.4) is 0 Å². The van der Waals surface area contributed by atoms with Crippen molar-refractivity contribution in [2.75, 3.05) is 7.05 Å². The van der Waals surface area contributed by atoms with E-state index < -0.39 is 17.1 Å². The number of aromatic nitrogens is 2. The molecular formula is C18H17N3O3. The van der Waals surface area contributed by atoms with Crippen LogP contribution in [0.4, 0.5) is 0 Å². The molecular weight excluding hydrogens is 306 g/mol. The van der Waals surface area contributed by atoms with Crippen molar-refractivity contribution in [2.45, 2.75) is 13.0 Å². The van der Waals surface area contributed by atoms with E-state index in [1.54, 1.807) is 0 Å². The quantitative estimate of drug-likeness (QED) is 0.765. The summed E-state index contributed by atoms with van der Waals surface area (Å²) in [6.07, 6.45) is 1.91. The van der Waals surface area contributed by atoms with Gasteiger partial charge in [-0.1, -0.05) is 42.5 Å². The van der Waals surface area contributed by atoms with E-state index in [1.807, 2.05) is 24.3 Å². The number of aromatic hydroxyl groups is 1. The number of rotatable bonds is 4. The first kappa shape index (κ1) is 15.7. The summed E-state index contributed by atoms with van der Waals surface area (Å²) in [5, 5.41) is 18.4. The van der Waals surface area contributed by atoms with E-state index >= 15 is 0 Å². The summed E-state index contributed by atoms with van der Waals surface area (Å²) in [5.74, 6) is -1.10. The first-order valence-electron chi connectivity index (χ1n) is 7.59. The van der Waals surface area contributed by atoms with Crippen LogP contribution in [0.1, 0.15) is 16.1 Å². The third kappa shape index (κ3) is 3.12. The van der Waals surface area contributed by atoms with Crippen LogP contribution in [0.25, 0.3) is 10.8 Å². The van der Waals surface area contributed by atoms with Crippen LogP contribution in [0, 0.1) is 0 Å². The van der Waals surface area contributed by atoms with Crippen LogP contribution in [0.15, 0.2) is 53.5 Å². The molecule has 0 aliphatic rings. The third-order valence-electron chi connectivity index (χ3n) is 3.83. The SMILES string of the molecule is CNC(=O)c1nn(CCc2ccc3ccccc3c2)cc(O)c1=O. The maximum absolute atomic E-state index is 11.8. The number of fused-ring (bicyclic) bond motifs is 1. The Balaban J connectivity index is 1.84. The van der Waals surface area contributed by atoms with Gasteiger partial charge in [0.1, 0.15) is 0 Å². The summed E-state index contributed by atoms with van der Waals surface area (Å²) >= 11 is 0. The van der Waals surface area contributed by atoms with Crippen molar-refractivity contribution >= 4 is 16.7 Å². The van der Waals surface area contributed by atoms with Gasteiger partial charge in [0.05, 0.1) is 6.20 Å². The molecule has 1 amide bonds. The Labute approximate surface area is 138 Å². The molecule has 0 saturated carbocycles. The summed E-state index contributed by atoms with van der Waals surface area (Å²) in [6.45, 7) is 0.441. The third-order valence-corrected chi connectivity index (χ3v) is 3.83. The van der Waals surface area contributed by atoms with E-state index in [9.17, 15) is 14.7 Å². The molecule has 2 aromatic carbocycles. The first-order chi connectivity index (χ1) is 11.6. The highest BCUT2D eigenvalue weighted by atomic mass is 16.3. The summed E-state index contributed by atoms with van der Waals surface area (Å²) in [6, 6.07) is 14.3. The van der Waals surface area contributed by atoms with Crippen molar-refractivity contribution in [3.8, 4) is 5.75 Å². The fraction of sp³-hybridized carbons (Fsp3) is 0.167. The molecule has 0 radical (unpaired) electrons. The topological polar surface area (TPSA) is 84.2 Å². The second-order valence-corrected chi connectivity index (χ2v) is 5.47. The molecule has 0 unspecified atom stereocenters. The lowest BCUT2D eigenvalue weighted by molar-refractivity contribution is 0.0953. The van der Waals surface area contributed by atoms with Crippen LogP contribution in [-0.4, -0.2) is 27.8 Å². The predicted molar refractivity (Wildman–Crippen MR) is 91.2 cm³/mol. The van der Waals surface area contributed by atoms with Crippen LogP contribution >= 0.6 is 0 Å². The normalized spacial score (nSPS) is 10.7. The molecule has 3 rings (SSSR count). The summed E-state index contributed by atoms with van der Waals surface area (Å²) in [7, 11) is 1.41. The fourth-order valence-corrected chi connectivity index (χ4v) is 2.54. The highest BCUT2D eigenvalue weighted by molar-refractivity contribution is 5.92. The zero-order chi connectivity index (χ0) is 17.1. The number of hydrogen-bond donors (Lipinski definition) is 2. The lowest BCUT2D eigenvalue weighted by Crippen LogP contribution is -2.29. The Morgan fingerprint density at radius 3 is 2.71 bits per heavy atom. The van der Waals surface area contributed by atoms with Crippen molar-refractivity contribution < 1.29 is 9.90 Å². The maximum Gasteiger partial charge on any atom is 0.275 e. The van der Waals surface area contributed by atoms with Crippen molar-refractivity contribution in [2.24, 2.45) is 0 Å². The highest BCUT2D eigenvalue weighted by Gasteiger charge is 2.15. The Morgan fingerprint density at radius 1 is 1.21 bits per heavy atom. The minimum atomic E-state index is -0.767. The van der Waals surface area contributed by atoms with Crippen molar-refractivity contribution in [3.63, 3.8) is 0 Å². The predicted octanol–water partition coefficient (Wildman–Crippen LogP) is 1.70. The van der Waals surface area contributed by atoms with Crippen molar-refractivity contribution in [1.29, 1.82) is 0 Å². The molecule has 0 saturated heterocycles. The largest absolute Gasteiger partial charge is 0.503 e. The Bertz CT molecular complexity index is 963. The molecule has 122 valence electrons. The van der Waals surface area contributed by atoms with Crippen LogP contribution in [-0.2, 0) is 13.0 Å². The smallest absolute Gasteiger partial charge is 0.275 e. The number of carbonyl (C=O) groups excluding carboxylic acids is 1. The van der Waals surface area contributed by atoms with E-state index in [0.717, 1.165) is 10.9 Å². The number of carbonyl (C=O) groups is 1. The van der Waals surface area contributed by atoms with Gasteiger partial charge in [0.25, 0.3) is 11.3 Å². The van der Waals surface area contributed by atoms with E-state index in [0.29, 0.717) is 13.0 Å². The van der Waals surface area contributed by atoms with Gasteiger partial charge in [-0.2, -0.15) is 5.10 Å². The van der Waals surface area contributed by atoms with Gasteiger partial charge in [0.15, 0.2) is 11.4 Å². The van der Waals surface area contributed by atoms with E-state index in [2.05, 4.69) is 28.6 Å². The van der Waals surface area contributed by atoms with E-state index in [4.69, 9.17) is 0 Å². The average molecular weight is 323 g/mol. The molecule has 0 aliphatic carbocycles. The molecule has 1 heterocycles. The van der Waals surface area contributed by atoms with Crippen LogP contribution in [0.5, 0.6) is 5.75 Å². The van der Waals surface area contributed by atoms with Gasteiger partial charge in [0, 0.05) is 13.6 Å². The van der Waals surface area contributed by atoms with E-state index in [1.165, 1.54) is 23.3 Å². The Morgan fingerprint density at radius 2 is 1.96 bits per heavy atom. The molecule has 24 heavy (non-hydrogen) atoms. The minimum absolute atomic E-state index is 0.309. The first-order valence-corrected chi connectivity index (χ1v) is 7.59. The zero-order valence-electron chi connectivity index (χ0n) is 13.2. The van der Waals surface area contributed by atoms with Crippen molar-refractivity contribution in [1.82, 2.24) is 15.1 Å². The van der Waals surface area contributed by atoms with Crippen LogP contribution < -0.4 is 10.7 Å². The highest BCUT2D eigenvalue weighted by Crippen LogP contribution is 2.16. The number of aryl methyl sites for hydroxylation is 2. The molecule has 0 spiro atoms. The number of nitrogens with one attached hydrogen (secondary N) is 1.